The number of rotatable bonds is 3. The van der Waals surface area contributed by atoms with E-state index in [1.165, 1.54) is 0 Å². The molecular formula is C13H15N3O. The summed E-state index contributed by atoms with van der Waals surface area (Å²) in [6.07, 6.45) is 3.68. The topological polar surface area (TPSA) is 44.2 Å². The molecular weight excluding hydrogens is 214 g/mol. The third-order valence-electron chi connectivity index (χ3n) is 2.62. The van der Waals surface area contributed by atoms with Crippen molar-refractivity contribution >= 4 is 5.90 Å². The summed E-state index contributed by atoms with van der Waals surface area (Å²) in [5.41, 5.74) is 1.04. The van der Waals surface area contributed by atoms with E-state index in [1.807, 2.05) is 56.8 Å². The molecule has 1 aromatic carbocycles. The van der Waals surface area contributed by atoms with Gasteiger partial charge in [0.2, 0.25) is 0 Å². The molecule has 88 valence electrons. The highest BCUT2D eigenvalue weighted by molar-refractivity contribution is 5.85. The van der Waals surface area contributed by atoms with Gasteiger partial charge in [0.15, 0.2) is 0 Å². The van der Waals surface area contributed by atoms with Gasteiger partial charge in [-0.25, -0.2) is 9.13 Å². The van der Waals surface area contributed by atoms with E-state index in [4.69, 9.17) is 0 Å². The summed E-state index contributed by atoms with van der Waals surface area (Å²) in [5.74, 6) is 0.393. The molecule has 0 saturated heterocycles. The number of aliphatic imine (C=N–C) groups is 1. The fraction of sp³-hybridized carbons (Fsp3) is 0.231. The Hall–Kier alpha value is -2.10. The Morgan fingerprint density at radius 3 is 2.65 bits per heavy atom. The molecule has 0 N–H and O–H groups in total. The largest absolute Gasteiger partial charge is 0.853 e. The molecule has 1 aromatic heterocycles. The number of aryl methyl sites for hydroxylation is 2. The van der Waals surface area contributed by atoms with Gasteiger partial charge in [-0.2, -0.15) is 0 Å². The summed E-state index contributed by atoms with van der Waals surface area (Å²) in [5, 5.41) is 11.9. The summed E-state index contributed by atoms with van der Waals surface area (Å²) < 4.78 is 3.55. The highest BCUT2D eigenvalue weighted by Crippen LogP contribution is 2.01. The summed E-state index contributed by atoms with van der Waals surface area (Å²) >= 11 is 0. The second-order valence-corrected chi connectivity index (χ2v) is 3.95. The molecule has 0 unspecified atom stereocenters. The maximum absolute atomic E-state index is 11.9. The average Bonchev–Trinajstić information content (AvgIpc) is 2.67. The van der Waals surface area contributed by atoms with Crippen molar-refractivity contribution < 1.29 is 9.67 Å². The quantitative estimate of drug-likeness (QED) is 0.420. The molecule has 17 heavy (non-hydrogen) atoms. The Kier molecular flexibility index (Phi) is 3.23. The van der Waals surface area contributed by atoms with Crippen molar-refractivity contribution in [2.45, 2.75) is 6.54 Å². The molecule has 0 spiro atoms. The molecule has 0 amide bonds. The van der Waals surface area contributed by atoms with Gasteiger partial charge < -0.3 is 5.11 Å². The van der Waals surface area contributed by atoms with E-state index in [0.29, 0.717) is 12.4 Å². The second kappa shape index (κ2) is 4.82. The van der Waals surface area contributed by atoms with E-state index < -0.39 is 0 Å². The number of nitrogens with zero attached hydrogens (tertiary/aromatic N) is 3. The summed E-state index contributed by atoms with van der Waals surface area (Å²) in [4.78, 5) is 4.08. The third-order valence-corrected chi connectivity index (χ3v) is 2.62. The van der Waals surface area contributed by atoms with E-state index in [1.54, 1.807) is 9.13 Å². The van der Waals surface area contributed by atoms with E-state index in [-0.39, 0.29) is 5.90 Å². The van der Waals surface area contributed by atoms with Crippen LogP contribution < -0.4 is 9.67 Å². The maximum atomic E-state index is 11.9. The van der Waals surface area contributed by atoms with Crippen LogP contribution in [0.25, 0.3) is 0 Å². The lowest BCUT2D eigenvalue weighted by atomic mass is 10.2. The highest BCUT2D eigenvalue weighted by atomic mass is 16.3. The average molecular weight is 229 g/mol. The normalized spacial score (nSPS) is 11.8. The molecule has 0 aliphatic rings. The zero-order valence-electron chi connectivity index (χ0n) is 10.00. The van der Waals surface area contributed by atoms with Crippen LogP contribution in [0.3, 0.4) is 0 Å². The fourth-order valence-corrected chi connectivity index (χ4v) is 1.71. The van der Waals surface area contributed by atoms with Gasteiger partial charge in [0.1, 0.15) is 12.4 Å². The van der Waals surface area contributed by atoms with Crippen LogP contribution in [0.2, 0.25) is 0 Å². The molecule has 0 aliphatic heterocycles. The van der Waals surface area contributed by atoms with Crippen molar-refractivity contribution in [1.29, 1.82) is 0 Å². The zero-order chi connectivity index (χ0) is 12.3. The summed E-state index contributed by atoms with van der Waals surface area (Å²) in [7, 11) is 3.68. The second-order valence-electron chi connectivity index (χ2n) is 3.95. The minimum atomic E-state index is -0.191. The van der Waals surface area contributed by atoms with Crippen LogP contribution in [0.1, 0.15) is 11.4 Å². The van der Waals surface area contributed by atoms with E-state index >= 15 is 0 Å². The number of imidazole rings is 1. The number of aromatic nitrogens is 2. The molecule has 0 bridgehead atoms. The van der Waals surface area contributed by atoms with Crippen LogP contribution in [0, 0.1) is 0 Å². The summed E-state index contributed by atoms with van der Waals surface area (Å²) in [6.45, 7) is 0.421. The highest BCUT2D eigenvalue weighted by Gasteiger charge is 2.10. The van der Waals surface area contributed by atoms with Crippen LogP contribution in [-0.2, 0) is 20.6 Å². The predicted molar refractivity (Wildman–Crippen MR) is 63.3 cm³/mol. The van der Waals surface area contributed by atoms with Gasteiger partial charge in [-0.3, -0.25) is 4.99 Å². The standard InChI is InChI=1S/C13H15N3O/c1-15-8-9-16(2)13(15)12(17)14-10-11-6-4-3-5-7-11/h3-9H,10H2,1-2H3. The summed E-state index contributed by atoms with van der Waals surface area (Å²) in [6, 6.07) is 9.75. The van der Waals surface area contributed by atoms with E-state index in [2.05, 4.69) is 4.99 Å². The predicted octanol–water partition coefficient (Wildman–Crippen LogP) is 0.157. The van der Waals surface area contributed by atoms with Crippen LogP contribution in [0.4, 0.5) is 0 Å². The van der Waals surface area contributed by atoms with Gasteiger partial charge in [-0.1, -0.05) is 30.3 Å². The van der Waals surface area contributed by atoms with Crippen molar-refractivity contribution in [2.24, 2.45) is 19.1 Å². The SMILES string of the molecule is Cn1cc[n+](C)c1C([O-])=NCc1ccccc1. The first-order chi connectivity index (χ1) is 8.18. The molecule has 0 atom stereocenters. The zero-order valence-corrected chi connectivity index (χ0v) is 10.00. The van der Waals surface area contributed by atoms with E-state index in [9.17, 15) is 5.11 Å². The first-order valence-electron chi connectivity index (χ1n) is 5.45. The molecule has 1 heterocycles. The number of hydrogen-bond acceptors (Lipinski definition) is 2. The van der Waals surface area contributed by atoms with Crippen LogP contribution >= 0.6 is 0 Å². The number of benzene rings is 1. The minimum absolute atomic E-state index is 0.191. The smallest absolute Gasteiger partial charge is 0.291 e. The maximum Gasteiger partial charge on any atom is 0.291 e. The fourth-order valence-electron chi connectivity index (χ4n) is 1.71. The Labute approximate surface area is 100 Å². The molecule has 0 saturated carbocycles. The van der Waals surface area contributed by atoms with Crippen molar-refractivity contribution in [3.05, 3.63) is 54.1 Å². The Bertz CT molecular complexity index is 509. The van der Waals surface area contributed by atoms with Crippen molar-refractivity contribution in [3.8, 4) is 0 Å². The Morgan fingerprint density at radius 1 is 1.35 bits per heavy atom. The molecule has 0 aliphatic carbocycles. The lowest BCUT2D eigenvalue weighted by Gasteiger charge is -2.07. The lowest BCUT2D eigenvalue weighted by molar-refractivity contribution is -0.674. The van der Waals surface area contributed by atoms with Crippen LogP contribution in [0.5, 0.6) is 0 Å². The molecule has 4 nitrogen and oxygen atoms in total. The first-order valence-corrected chi connectivity index (χ1v) is 5.45. The monoisotopic (exact) mass is 229 g/mol. The first kappa shape index (κ1) is 11.4. The van der Waals surface area contributed by atoms with Gasteiger partial charge in [-0.05, 0) is 5.56 Å². The van der Waals surface area contributed by atoms with Crippen LogP contribution in [-0.4, -0.2) is 10.5 Å². The van der Waals surface area contributed by atoms with Gasteiger partial charge in [0, 0.05) is 0 Å². The van der Waals surface area contributed by atoms with Gasteiger partial charge in [0.25, 0.3) is 5.82 Å². The molecule has 0 radical (unpaired) electrons. The minimum Gasteiger partial charge on any atom is -0.853 e. The lowest BCUT2D eigenvalue weighted by Crippen LogP contribution is -2.40. The van der Waals surface area contributed by atoms with Crippen molar-refractivity contribution in [2.75, 3.05) is 0 Å². The molecule has 2 rings (SSSR count). The molecule has 2 aromatic rings. The molecule has 0 fully saturated rings. The molecule has 4 heteroatoms. The van der Waals surface area contributed by atoms with Gasteiger partial charge in [0.05, 0.1) is 26.5 Å². The Morgan fingerprint density at radius 2 is 2.06 bits per heavy atom. The third kappa shape index (κ3) is 2.53. The van der Waals surface area contributed by atoms with Crippen molar-refractivity contribution in [1.82, 2.24) is 4.57 Å². The van der Waals surface area contributed by atoms with Crippen LogP contribution in [0.15, 0.2) is 47.7 Å². The Balaban J connectivity index is 2.18. The van der Waals surface area contributed by atoms with Gasteiger partial charge >= 0.3 is 0 Å². The number of hydrogen-bond donors (Lipinski definition) is 0. The van der Waals surface area contributed by atoms with Gasteiger partial charge in [-0.15, -0.1) is 0 Å². The van der Waals surface area contributed by atoms with E-state index in [0.717, 1.165) is 5.56 Å². The van der Waals surface area contributed by atoms with Crippen molar-refractivity contribution in [3.63, 3.8) is 0 Å².